The fraction of sp³-hybridized carbons (Fsp3) is 0.216. The van der Waals surface area contributed by atoms with Crippen LogP contribution in [0, 0.1) is 13.8 Å². The van der Waals surface area contributed by atoms with Crippen LogP contribution in [0.4, 0.5) is 0 Å². The number of rotatable bonds is 12. The Morgan fingerprint density at radius 1 is 0.833 bits per heavy atom. The minimum absolute atomic E-state index is 0.124. The summed E-state index contributed by atoms with van der Waals surface area (Å²) in [6.07, 6.45) is 3.52. The maximum atomic E-state index is 12.5. The van der Waals surface area contributed by atoms with Crippen LogP contribution in [0.15, 0.2) is 91.3 Å². The first-order valence-electron chi connectivity index (χ1n) is 15.8. The summed E-state index contributed by atoms with van der Waals surface area (Å²) in [5.41, 5.74) is 11.1. The van der Waals surface area contributed by atoms with Crippen LogP contribution in [0.2, 0.25) is 0 Å². The number of nitrogens with one attached hydrogen (secondary N) is 2. The summed E-state index contributed by atoms with van der Waals surface area (Å²) in [6, 6.07) is 26.9. The minimum Gasteiger partial charge on any atom is -0.465 e. The molecule has 244 valence electrons. The van der Waals surface area contributed by atoms with Crippen LogP contribution in [-0.2, 0) is 16.1 Å². The molecule has 11 heteroatoms. The number of aliphatic hydroxyl groups is 1. The predicted molar refractivity (Wildman–Crippen MR) is 184 cm³/mol. The number of hydrogen-bond acceptors (Lipinski definition) is 8. The monoisotopic (exact) mass is 643 g/mol. The molecule has 3 aromatic carbocycles. The molecule has 0 radical (unpaired) electrons. The third-order valence-corrected chi connectivity index (χ3v) is 8.27. The van der Waals surface area contributed by atoms with Crippen molar-refractivity contribution in [3.63, 3.8) is 0 Å². The number of pyridine rings is 1. The molecule has 0 aliphatic heterocycles. The van der Waals surface area contributed by atoms with Crippen LogP contribution in [-0.4, -0.2) is 67.7 Å². The zero-order chi connectivity index (χ0) is 33.6. The molecule has 0 aliphatic carbocycles. The van der Waals surface area contributed by atoms with E-state index < -0.39 is 11.9 Å². The van der Waals surface area contributed by atoms with Gasteiger partial charge in [-0.25, -0.2) is 4.68 Å². The topological polar surface area (TPSA) is 136 Å². The van der Waals surface area contributed by atoms with Crippen LogP contribution >= 0.6 is 0 Å². The van der Waals surface area contributed by atoms with Crippen LogP contribution in [0.3, 0.4) is 0 Å². The lowest BCUT2D eigenvalue weighted by Crippen LogP contribution is -2.31. The van der Waals surface area contributed by atoms with Gasteiger partial charge in [0.25, 0.3) is 11.9 Å². The van der Waals surface area contributed by atoms with Crippen LogP contribution in [0.5, 0.6) is 0 Å². The Morgan fingerprint density at radius 2 is 1.52 bits per heavy atom. The number of nitrogens with zero attached hydrogens (tertiary/aromatic N) is 5. The van der Waals surface area contributed by atoms with Crippen molar-refractivity contribution in [3.8, 4) is 39.3 Å². The second kappa shape index (κ2) is 14.4. The summed E-state index contributed by atoms with van der Waals surface area (Å²) in [7, 11) is 0. The number of esters is 1. The molecule has 0 unspecified atom stereocenters. The summed E-state index contributed by atoms with van der Waals surface area (Å²) < 4.78 is 8.13. The van der Waals surface area contributed by atoms with Gasteiger partial charge in [0.1, 0.15) is 6.54 Å². The Labute approximate surface area is 278 Å². The molecular weight excluding hydrogens is 606 g/mol. The highest BCUT2D eigenvalue weighted by molar-refractivity contribution is 5.94. The molecule has 3 aromatic heterocycles. The van der Waals surface area contributed by atoms with Gasteiger partial charge in [-0.05, 0) is 89.0 Å². The number of carbonyl (C=O) groups is 2. The zero-order valence-corrected chi connectivity index (χ0v) is 27.1. The first-order chi connectivity index (χ1) is 23.4. The molecule has 0 aliphatic rings. The number of hydrogen-bond donors (Lipinski definition) is 3. The Bertz CT molecular complexity index is 2080. The van der Waals surface area contributed by atoms with Gasteiger partial charge in [-0.15, -0.1) is 10.2 Å². The summed E-state index contributed by atoms with van der Waals surface area (Å²) in [4.78, 5) is 24.1. The van der Waals surface area contributed by atoms with Crippen LogP contribution in [0.1, 0.15) is 34.1 Å². The van der Waals surface area contributed by atoms with Crippen molar-refractivity contribution in [2.45, 2.75) is 27.3 Å². The summed E-state index contributed by atoms with van der Waals surface area (Å²) in [6.45, 7) is 7.44. The van der Waals surface area contributed by atoms with Gasteiger partial charge in [0, 0.05) is 25.5 Å². The van der Waals surface area contributed by atoms with E-state index in [0.29, 0.717) is 18.1 Å². The van der Waals surface area contributed by atoms with Gasteiger partial charge >= 0.3 is 5.97 Å². The van der Waals surface area contributed by atoms with E-state index in [9.17, 15) is 9.59 Å². The van der Waals surface area contributed by atoms with Gasteiger partial charge in [-0.3, -0.25) is 14.0 Å². The zero-order valence-electron chi connectivity index (χ0n) is 27.1. The fourth-order valence-corrected chi connectivity index (χ4v) is 5.81. The number of amides is 1. The first-order valence-corrected chi connectivity index (χ1v) is 15.8. The first kappa shape index (κ1) is 32.3. The molecule has 6 rings (SSSR count). The number of aliphatic hydroxyl groups excluding tert-OH is 1. The molecule has 0 atom stereocenters. The highest BCUT2D eigenvalue weighted by Gasteiger charge is 2.17. The Kier molecular flexibility index (Phi) is 9.70. The minimum atomic E-state index is -0.514. The second-order valence-corrected chi connectivity index (χ2v) is 11.3. The third kappa shape index (κ3) is 6.73. The van der Waals surface area contributed by atoms with Crippen molar-refractivity contribution < 1.29 is 19.4 Å². The average molecular weight is 644 g/mol. The van der Waals surface area contributed by atoms with E-state index >= 15 is 0 Å². The second-order valence-electron chi connectivity index (χ2n) is 11.3. The lowest BCUT2D eigenvalue weighted by molar-refractivity contribution is -0.141. The van der Waals surface area contributed by atoms with Crippen molar-refractivity contribution in [1.82, 2.24) is 35.0 Å². The lowest BCUT2D eigenvalue weighted by atomic mass is 9.88. The molecule has 0 spiro atoms. The standard InChI is InChI=1S/C37H37N7O4/c1-4-48-35(46)23-39-36(47)33-16-19-44(42-33)37-41-40-34-21-28(15-18-43(34)37)30-8-6-10-32(25(30)3)31-9-5-7-29(24(31)2)27-13-11-26(12-14-27)22-38-17-20-45/h5-16,18-19,21,38,45H,4,17,20,22-23H2,1-3H3,(H,39,47). The SMILES string of the molecule is CCOC(=O)CNC(=O)c1ccn(-c2nnc3cc(-c4cccc(-c5cccc(-c6ccc(CNCCO)cc6)c5C)c4C)ccn23)n1. The Morgan fingerprint density at radius 3 is 2.21 bits per heavy atom. The van der Waals surface area contributed by atoms with E-state index in [-0.39, 0.29) is 25.5 Å². The number of carbonyl (C=O) groups excluding carboxylic acids is 2. The van der Waals surface area contributed by atoms with Gasteiger partial charge in [-0.1, -0.05) is 60.7 Å². The molecule has 3 heterocycles. The van der Waals surface area contributed by atoms with Gasteiger partial charge in [0.05, 0.1) is 13.2 Å². The predicted octanol–water partition coefficient (Wildman–Crippen LogP) is 4.91. The number of fused-ring (bicyclic) bond motifs is 1. The molecule has 0 fully saturated rings. The van der Waals surface area contributed by atoms with Gasteiger partial charge in [-0.2, -0.15) is 5.10 Å². The summed E-state index contributed by atoms with van der Waals surface area (Å²) in [5.74, 6) is -0.581. The molecule has 11 nitrogen and oxygen atoms in total. The number of ether oxygens (including phenoxy) is 1. The molecule has 48 heavy (non-hydrogen) atoms. The Balaban J connectivity index is 1.24. The van der Waals surface area contributed by atoms with E-state index in [2.05, 4.69) is 100 Å². The summed E-state index contributed by atoms with van der Waals surface area (Å²) in [5, 5.41) is 27.8. The van der Waals surface area contributed by atoms with Crippen LogP contribution in [0.25, 0.3) is 45.0 Å². The maximum absolute atomic E-state index is 12.5. The van der Waals surface area contributed by atoms with Crippen molar-refractivity contribution in [3.05, 3.63) is 114 Å². The van der Waals surface area contributed by atoms with Crippen molar-refractivity contribution in [1.29, 1.82) is 0 Å². The normalized spacial score (nSPS) is 11.2. The molecule has 0 saturated carbocycles. The van der Waals surface area contributed by atoms with Gasteiger partial charge in [0.15, 0.2) is 11.3 Å². The summed E-state index contributed by atoms with van der Waals surface area (Å²) >= 11 is 0. The van der Waals surface area contributed by atoms with E-state index in [0.717, 1.165) is 34.4 Å². The quantitative estimate of drug-likeness (QED) is 0.127. The molecule has 6 aromatic rings. The van der Waals surface area contributed by atoms with E-state index in [4.69, 9.17) is 9.84 Å². The van der Waals surface area contributed by atoms with Gasteiger partial charge < -0.3 is 20.5 Å². The van der Waals surface area contributed by atoms with E-state index in [1.807, 2.05) is 18.3 Å². The van der Waals surface area contributed by atoms with E-state index in [1.54, 1.807) is 23.6 Å². The average Bonchev–Trinajstić information content (AvgIpc) is 3.76. The van der Waals surface area contributed by atoms with Gasteiger partial charge in [0.2, 0.25) is 0 Å². The molecule has 0 bridgehead atoms. The molecule has 0 saturated heterocycles. The number of aromatic nitrogens is 5. The highest BCUT2D eigenvalue weighted by atomic mass is 16.5. The van der Waals surface area contributed by atoms with Crippen LogP contribution < -0.4 is 10.6 Å². The lowest BCUT2D eigenvalue weighted by Gasteiger charge is -2.17. The smallest absolute Gasteiger partial charge is 0.325 e. The molecular formula is C37H37N7O4. The number of benzene rings is 3. The molecule has 1 amide bonds. The largest absolute Gasteiger partial charge is 0.465 e. The Hall–Kier alpha value is -5.65. The van der Waals surface area contributed by atoms with Crippen molar-refractivity contribution >= 4 is 17.5 Å². The third-order valence-electron chi connectivity index (χ3n) is 8.27. The van der Waals surface area contributed by atoms with Crippen molar-refractivity contribution in [2.24, 2.45) is 0 Å². The van der Waals surface area contributed by atoms with Crippen molar-refractivity contribution in [2.75, 3.05) is 26.3 Å². The molecule has 3 N–H and O–H groups in total. The fourth-order valence-electron chi connectivity index (χ4n) is 5.81. The maximum Gasteiger partial charge on any atom is 0.325 e. The highest BCUT2D eigenvalue weighted by Crippen LogP contribution is 2.37. The van der Waals surface area contributed by atoms with E-state index in [1.165, 1.54) is 26.9 Å².